The summed E-state index contributed by atoms with van der Waals surface area (Å²) in [4.78, 5) is 15.3. The predicted molar refractivity (Wildman–Crippen MR) is 167 cm³/mol. The summed E-state index contributed by atoms with van der Waals surface area (Å²) in [6.45, 7) is 8.44. The Balaban J connectivity index is 0.00000302. The van der Waals surface area contributed by atoms with Crippen LogP contribution in [-0.4, -0.2) is 15.0 Å². The molecule has 0 radical (unpaired) electrons. The van der Waals surface area contributed by atoms with E-state index in [1.165, 1.54) is 0 Å². The van der Waals surface area contributed by atoms with Crippen LogP contribution in [0, 0.1) is 45.9 Å². The number of rotatable bonds is 0. The summed E-state index contributed by atoms with van der Waals surface area (Å²) in [5.74, 6) is 0. The van der Waals surface area contributed by atoms with Crippen LogP contribution in [0.25, 0.3) is 65.4 Å². The average molecular weight is 705 g/mol. The van der Waals surface area contributed by atoms with Crippen LogP contribution in [0.2, 0.25) is 0 Å². The van der Waals surface area contributed by atoms with Gasteiger partial charge in [-0.25, -0.2) is 0 Å². The molecule has 0 aliphatic heterocycles. The van der Waals surface area contributed by atoms with Gasteiger partial charge in [0, 0.05) is 0 Å². The Morgan fingerprint density at radius 2 is 0.805 bits per heavy atom. The number of hydrogen-bond acceptors (Lipinski definition) is 3. The van der Waals surface area contributed by atoms with Crippen LogP contribution in [0.15, 0.2) is 84.9 Å². The van der Waals surface area contributed by atoms with E-state index >= 15 is 0 Å². The first-order valence-electron chi connectivity index (χ1n) is 13.5. The summed E-state index contributed by atoms with van der Waals surface area (Å²) < 4.78 is 0. The summed E-state index contributed by atoms with van der Waals surface area (Å²) in [6.07, 6.45) is 0. The number of hydrogen-bond donors (Lipinski definition) is 0. The molecule has 0 fully saturated rings. The van der Waals surface area contributed by atoms with Gasteiger partial charge in [0.05, 0.1) is 0 Å². The molecule has 7 aromatic rings. The molecule has 0 saturated carbocycles. The Morgan fingerprint density at radius 1 is 0.415 bits per heavy atom. The van der Waals surface area contributed by atoms with Gasteiger partial charge in [-0.05, 0) is 46.9 Å². The second-order valence-electron chi connectivity index (χ2n) is 10.5. The Kier molecular flexibility index (Phi) is 6.99. The van der Waals surface area contributed by atoms with Crippen molar-refractivity contribution in [3.63, 3.8) is 0 Å². The smallest absolute Gasteiger partial charge is 0.326 e. The molecule has 4 heterocycles. The zero-order chi connectivity index (χ0) is 27.4. The molecule has 0 aliphatic rings. The second-order valence-corrected chi connectivity index (χ2v) is 10.5. The third-order valence-electron chi connectivity index (χ3n) is 7.54. The van der Waals surface area contributed by atoms with Crippen molar-refractivity contribution in [3.8, 4) is 0 Å². The van der Waals surface area contributed by atoms with E-state index in [9.17, 15) is 0 Å². The van der Waals surface area contributed by atoms with Crippen molar-refractivity contribution in [2.24, 2.45) is 0 Å². The minimum absolute atomic E-state index is 0. The minimum Gasteiger partial charge on any atom is -0.326 e. The van der Waals surface area contributed by atoms with Gasteiger partial charge in [0.1, 0.15) is 0 Å². The van der Waals surface area contributed by atoms with Crippen LogP contribution in [-0.2, 0) is 20.1 Å². The zero-order valence-corrected chi connectivity index (χ0v) is 25.7. The van der Waals surface area contributed by atoms with Crippen molar-refractivity contribution in [1.82, 2.24) is 15.0 Å². The molecule has 0 saturated heterocycles. The normalized spacial score (nSPS) is 11.2. The fourth-order valence-electron chi connectivity index (χ4n) is 5.58. The molecule has 3 nitrogen and oxygen atoms in total. The van der Waals surface area contributed by atoms with Gasteiger partial charge in [0.2, 0.25) is 0 Å². The summed E-state index contributed by atoms with van der Waals surface area (Å²) in [5.41, 5.74) is 9.76. The van der Waals surface area contributed by atoms with Crippen molar-refractivity contribution in [2.45, 2.75) is 27.7 Å². The molecule has 0 amide bonds. The summed E-state index contributed by atoms with van der Waals surface area (Å²) in [7, 11) is 0. The Morgan fingerprint density at radius 3 is 1.29 bits per heavy atom. The quantitative estimate of drug-likeness (QED) is 0.148. The number of fused-ring (bicyclic) bond motifs is 18. The van der Waals surface area contributed by atoms with Gasteiger partial charge in [0.25, 0.3) is 0 Å². The van der Waals surface area contributed by atoms with Crippen LogP contribution in [0.3, 0.4) is 0 Å². The zero-order valence-electron chi connectivity index (χ0n) is 23.3. The fraction of sp³-hybridized carbons (Fsp3) is 0.108. The van der Waals surface area contributed by atoms with Gasteiger partial charge < -0.3 is 15.0 Å². The van der Waals surface area contributed by atoms with Crippen LogP contribution in [0.5, 0.6) is 0 Å². The molecular formula is C37H26IrN3. The molecule has 3 aromatic carbocycles. The first-order chi connectivity index (χ1) is 19.4. The van der Waals surface area contributed by atoms with Gasteiger partial charge >= 0.3 is 20.1 Å². The molecule has 0 unspecified atom stereocenters. The standard InChI is InChI=1S/C37H26N3.Ir/c1-22-17-23(2)31-21-30(22)34-15-7-13-32(38-34)26-9-5-11-28(19-26)36-24(3)18-25(4)37(40-36)29-12-6-10-27(20-29)33-14-8-16-35(31)39-33;/h5-18H,1-4H3;/q-3;+3. The van der Waals surface area contributed by atoms with Gasteiger partial charge in [-0.15, -0.1) is 71.8 Å². The Labute approximate surface area is 252 Å². The maximum absolute atomic E-state index is 5.18. The van der Waals surface area contributed by atoms with E-state index in [2.05, 4.69) is 107 Å². The molecule has 4 aromatic heterocycles. The third-order valence-corrected chi connectivity index (χ3v) is 7.54. The van der Waals surface area contributed by atoms with Crippen LogP contribution in [0.1, 0.15) is 22.3 Å². The van der Waals surface area contributed by atoms with Crippen molar-refractivity contribution < 1.29 is 20.1 Å². The van der Waals surface area contributed by atoms with Crippen molar-refractivity contribution in [3.05, 3.63) is 125 Å². The number of nitrogens with zero attached hydrogens (tertiary/aromatic N) is 3. The molecule has 4 heteroatoms. The molecular weight excluding hydrogens is 679 g/mol. The van der Waals surface area contributed by atoms with Crippen molar-refractivity contribution in [1.29, 1.82) is 0 Å². The van der Waals surface area contributed by atoms with Gasteiger partial charge in [-0.3, -0.25) is 0 Å². The van der Waals surface area contributed by atoms with E-state index in [1.807, 2.05) is 24.3 Å². The van der Waals surface area contributed by atoms with Crippen LogP contribution >= 0.6 is 0 Å². The van der Waals surface area contributed by atoms with Gasteiger partial charge in [-0.2, -0.15) is 0 Å². The number of pyridine rings is 3. The monoisotopic (exact) mass is 705 g/mol. The predicted octanol–water partition coefficient (Wildman–Crippen LogP) is 9.11. The molecule has 0 aliphatic carbocycles. The van der Waals surface area contributed by atoms with E-state index in [0.29, 0.717) is 0 Å². The fourth-order valence-corrected chi connectivity index (χ4v) is 5.58. The van der Waals surface area contributed by atoms with Crippen LogP contribution < -0.4 is 0 Å². The Bertz CT molecular complexity index is 1960. The van der Waals surface area contributed by atoms with Crippen molar-refractivity contribution in [2.75, 3.05) is 0 Å². The largest absolute Gasteiger partial charge is 3.00 e. The molecule has 198 valence electrons. The Hall–Kier alpha value is -4.24. The van der Waals surface area contributed by atoms with Gasteiger partial charge in [0.15, 0.2) is 0 Å². The summed E-state index contributed by atoms with van der Waals surface area (Å²) >= 11 is 0. The summed E-state index contributed by atoms with van der Waals surface area (Å²) in [5, 5.41) is 5.68. The van der Waals surface area contributed by atoms with Crippen molar-refractivity contribution >= 4 is 65.4 Å². The molecule has 0 spiro atoms. The number of benzene rings is 3. The van der Waals surface area contributed by atoms with Gasteiger partial charge in [-0.1, -0.05) is 99.8 Å². The molecule has 12 bridgehead atoms. The molecule has 0 N–H and O–H groups in total. The minimum atomic E-state index is 0. The maximum atomic E-state index is 5.18. The van der Waals surface area contributed by atoms with E-state index in [4.69, 9.17) is 15.0 Å². The molecule has 0 atom stereocenters. The SMILES string of the molecule is Cc1cc(C)c2[c-]c1c1cccc(n1)c1[c-]c(ccc1)c1nc(c(C)cc1C)c1[c-]c(ccc1)c1cccc2n1.[Ir+3]. The third kappa shape index (κ3) is 4.84. The van der Waals surface area contributed by atoms with E-state index in [1.54, 1.807) is 0 Å². The average Bonchev–Trinajstić information content (AvgIpc) is 2.97. The first-order valence-corrected chi connectivity index (χ1v) is 13.5. The molecule has 41 heavy (non-hydrogen) atoms. The first kappa shape index (κ1) is 27.0. The topological polar surface area (TPSA) is 38.7 Å². The van der Waals surface area contributed by atoms with E-state index in [0.717, 1.165) is 87.7 Å². The van der Waals surface area contributed by atoms with E-state index < -0.39 is 0 Å². The number of aryl methyl sites for hydroxylation is 4. The maximum Gasteiger partial charge on any atom is 3.00 e. The van der Waals surface area contributed by atoms with Crippen LogP contribution in [0.4, 0.5) is 0 Å². The summed E-state index contributed by atoms with van der Waals surface area (Å²) in [6, 6.07) is 39.9. The molecule has 7 rings (SSSR count). The number of aromatic nitrogens is 3. The van der Waals surface area contributed by atoms with E-state index in [-0.39, 0.29) is 20.1 Å². The second kappa shape index (κ2) is 10.6.